The summed E-state index contributed by atoms with van der Waals surface area (Å²) in [5.41, 5.74) is 2.47. The fourth-order valence-electron chi connectivity index (χ4n) is 1.62. The van der Waals surface area contributed by atoms with Crippen LogP contribution >= 0.6 is 0 Å². The van der Waals surface area contributed by atoms with Crippen molar-refractivity contribution in [2.75, 3.05) is 13.2 Å². The Bertz CT molecular complexity index is 307. The molecule has 0 fully saturated rings. The summed E-state index contributed by atoms with van der Waals surface area (Å²) in [5.74, 6) is 0. The lowest BCUT2D eigenvalue weighted by Crippen LogP contribution is -2.21. The molecule has 0 saturated carbocycles. The van der Waals surface area contributed by atoms with Gasteiger partial charge < -0.3 is 10.1 Å². The molecule has 0 amide bonds. The van der Waals surface area contributed by atoms with E-state index in [1.54, 1.807) is 0 Å². The normalized spacial score (nSPS) is 11.3. The van der Waals surface area contributed by atoms with Crippen molar-refractivity contribution in [3.8, 4) is 0 Å². The minimum absolute atomic E-state index is 0.311. The third kappa shape index (κ3) is 4.33. The molecule has 0 saturated heterocycles. The Balaban J connectivity index is 2.26. The lowest BCUT2D eigenvalue weighted by atomic mass is 10.2. The van der Waals surface area contributed by atoms with Crippen LogP contribution in [0, 0.1) is 0 Å². The van der Waals surface area contributed by atoms with Gasteiger partial charge in [-0.25, -0.2) is 0 Å². The van der Waals surface area contributed by atoms with Crippen LogP contribution in [0.3, 0.4) is 0 Å². The lowest BCUT2D eigenvalue weighted by molar-refractivity contribution is 0.0807. The fourth-order valence-corrected chi connectivity index (χ4v) is 1.62. The monoisotopic (exact) mass is 225 g/mol. The van der Waals surface area contributed by atoms with Crippen LogP contribution in [-0.4, -0.2) is 29.0 Å². The summed E-state index contributed by atoms with van der Waals surface area (Å²) in [6.45, 7) is 8.76. The Morgan fingerprint density at radius 1 is 1.50 bits per heavy atom. The van der Waals surface area contributed by atoms with Crippen molar-refractivity contribution in [3.63, 3.8) is 0 Å². The highest BCUT2D eigenvalue weighted by Gasteiger charge is 2.04. The fraction of sp³-hybridized carbons (Fsp3) is 0.750. The number of ether oxygens (including phenoxy) is 1. The molecule has 0 aromatic carbocycles. The number of rotatable bonds is 7. The summed E-state index contributed by atoms with van der Waals surface area (Å²) < 4.78 is 7.33. The first-order valence-corrected chi connectivity index (χ1v) is 5.97. The molecule has 0 unspecified atom stereocenters. The Labute approximate surface area is 98.0 Å². The average Bonchev–Trinajstić information content (AvgIpc) is 2.58. The van der Waals surface area contributed by atoms with E-state index in [1.165, 1.54) is 11.3 Å². The van der Waals surface area contributed by atoms with Gasteiger partial charge in [0.25, 0.3) is 0 Å². The summed E-state index contributed by atoms with van der Waals surface area (Å²) in [6.07, 6.45) is 3.38. The van der Waals surface area contributed by atoms with Gasteiger partial charge in [-0.15, -0.1) is 0 Å². The van der Waals surface area contributed by atoms with Crippen LogP contribution < -0.4 is 5.32 Å². The maximum absolute atomic E-state index is 5.46. The largest absolute Gasteiger partial charge is 0.377 e. The van der Waals surface area contributed by atoms with Crippen LogP contribution in [0.25, 0.3) is 0 Å². The second-order valence-corrected chi connectivity index (χ2v) is 4.22. The summed E-state index contributed by atoms with van der Waals surface area (Å²) >= 11 is 0. The first kappa shape index (κ1) is 13.2. The van der Waals surface area contributed by atoms with Crippen molar-refractivity contribution in [1.82, 2.24) is 15.1 Å². The Morgan fingerprint density at radius 3 is 2.88 bits per heavy atom. The number of aryl methyl sites for hydroxylation is 2. The van der Waals surface area contributed by atoms with Crippen molar-refractivity contribution >= 4 is 0 Å². The zero-order valence-electron chi connectivity index (χ0n) is 10.8. The SMILES string of the molecule is CCc1nn(C)cc1CNCCOC(C)C. The summed E-state index contributed by atoms with van der Waals surface area (Å²) in [6, 6.07) is 0. The van der Waals surface area contributed by atoms with Gasteiger partial charge in [-0.1, -0.05) is 6.92 Å². The molecule has 1 rings (SSSR count). The van der Waals surface area contributed by atoms with E-state index in [0.717, 1.165) is 26.1 Å². The highest BCUT2D eigenvalue weighted by Crippen LogP contribution is 2.06. The van der Waals surface area contributed by atoms with Gasteiger partial charge in [0.1, 0.15) is 0 Å². The molecule has 1 N–H and O–H groups in total. The van der Waals surface area contributed by atoms with E-state index in [1.807, 2.05) is 11.7 Å². The second kappa shape index (κ2) is 6.66. The van der Waals surface area contributed by atoms with Gasteiger partial charge in [0, 0.05) is 31.9 Å². The van der Waals surface area contributed by atoms with Gasteiger partial charge in [0.15, 0.2) is 0 Å². The maximum atomic E-state index is 5.46. The van der Waals surface area contributed by atoms with Gasteiger partial charge in [0.2, 0.25) is 0 Å². The molecule has 0 aliphatic rings. The third-order valence-corrected chi connectivity index (χ3v) is 2.37. The molecule has 0 aliphatic heterocycles. The van der Waals surface area contributed by atoms with Crippen molar-refractivity contribution < 1.29 is 4.74 Å². The molecule has 92 valence electrons. The second-order valence-electron chi connectivity index (χ2n) is 4.22. The highest BCUT2D eigenvalue weighted by atomic mass is 16.5. The van der Waals surface area contributed by atoms with Gasteiger partial charge in [-0.3, -0.25) is 4.68 Å². The smallest absolute Gasteiger partial charge is 0.0666 e. The number of aromatic nitrogens is 2. The van der Waals surface area contributed by atoms with Crippen LogP contribution in [0.2, 0.25) is 0 Å². The van der Waals surface area contributed by atoms with Gasteiger partial charge in [-0.2, -0.15) is 5.10 Å². The molecule has 0 atom stereocenters. The molecule has 0 bridgehead atoms. The lowest BCUT2D eigenvalue weighted by Gasteiger charge is -2.08. The number of hydrogen-bond acceptors (Lipinski definition) is 3. The van der Waals surface area contributed by atoms with E-state index in [0.29, 0.717) is 6.10 Å². The Morgan fingerprint density at radius 2 is 2.25 bits per heavy atom. The van der Waals surface area contributed by atoms with Gasteiger partial charge in [0.05, 0.1) is 18.4 Å². The van der Waals surface area contributed by atoms with Crippen LogP contribution in [0.1, 0.15) is 32.0 Å². The molecule has 0 aliphatic carbocycles. The summed E-state index contributed by atoms with van der Waals surface area (Å²) in [5, 5.41) is 7.77. The predicted molar refractivity (Wildman–Crippen MR) is 65.4 cm³/mol. The molecule has 1 heterocycles. The maximum Gasteiger partial charge on any atom is 0.0666 e. The molecule has 16 heavy (non-hydrogen) atoms. The van der Waals surface area contributed by atoms with Crippen molar-refractivity contribution in [1.29, 1.82) is 0 Å². The van der Waals surface area contributed by atoms with E-state index in [-0.39, 0.29) is 0 Å². The van der Waals surface area contributed by atoms with Crippen molar-refractivity contribution in [3.05, 3.63) is 17.5 Å². The molecular formula is C12H23N3O. The molecule has 4 heteroatoms. The standard InChI is InChI=1S/C12H23N3O/c1-5-12-11(9-15(4)14-12)8-13-6-7-16-10(2)3/h9-10,13H,5-8H2,1-4H3. The molecule has 0 radical (unpaired) electrons. The van der Waals surface area contributed by atoms with Crippen molar-refractivity contribution in [2.24, 2.45) is 7.05 Å². The Hall–Kier alpha value is -0.870. The van der Waals surface area contributed by atoms with Crippen molar-refractivity contribution in [2.45, 2.75) is 39.8 Å². The van der Waals surface area contributed by atoms with Gasteiger partial charge in [-0.05, 0) is 20.3 Å². The van der Waals surface area contributed by atoms with E-state index < -0.39 is 0 Å². The zero-order valence-corrected chi connectivity index (χ0v) is 10.8. The molecule has 1 aromatic rings. The van der Waals surface area contributed by atoms with E-state index in [9.17, 15) is 0 Å². The number of nitrogens with zero attached hydrogens (tertiary/aromatic N) is 2. The van der Waals surface area contributed by atoms with E-state index in [2.05, 4.69) is 37.4 Å². The van der Waals surface area contributed by atoms with E-state index >= 15 is 0 Å². The van der Waals surface area contributed by atoms with Crippen LogP contribution in [0.15, 0.2) is 6.20 Å². The summed E-state index contributed by atoms with van der Waals surface area (Å²) in [4.78, 5) is 0. The molecule has 1 aromatic heterocycles. The highest BCUT2D eigenvalue weighted by molar-refractivity contribution is 5.16. The van der Waals surface area contributed by atoms with Gasteiger partial charge >= 0.3 is 0 Å². The predicted octanol–water partition coefficient (Wildman–Crippen LogP) is 1.50. The quantitative estimate of drug-likeness (QED) is 0.715. The van der Waals surface area contributed by atoms with Crippen LogP contribution in [0.5, 0.6) is 0 Å². The number of hydrogen-bond donors (Lipinski definition) is 1. The zero-order chi connectivity index (χ0) is 12.0. The topological polar surface area (TPSA) is 39.1 Å². The minimum Gasteiger partial charge on any atom is -0.377 e. The Kier molecular flexibility index (Phi) is 5.49. The molecule has 4 nitrogen and oxygen atoms in total. The third-order valence-electron chi connectivity index (χ3n) is 2.37. The molecule has 0 spiro atoms. The summed E-state index contributed by atoms with van der Waals surface area (Å²) in [7, 11) is 1.96. The number of nitrogens with one attached hydrogen (secondary N) is 1. The first-order valence-electron chi connectivity index (χ1n) is 5.97. The minimum atomic E-state index is 0.311. The molecular weight excluding hydrogens is 202 g/mol. The average molecular weight is 225 g/mol. The van der Waals surface area contributed by atoms with E-state index in [4.69, 9.17) is 4.74 Å². The van der Waals surface area contributed by atoms with Crippen LogP contribution in [-0.2, 0) is 24.8 Å². The first-order chi connectivity index (χ1) is 7.63. The van der Waals surface area contributed by atoms with Crippen LogP contribution in [0.4, 0.5) is 0 Å².